The Morgan fingerprint density at radius 1 is 0.800 bits per heavy atom. The van der Waals surface area contributed by atoms with Crippen LogP contribution >= 0.6 is 0 Å². The first-order valence-electron chi connectivity index (χ1n) is 6.73. The van der Waals surface area contributed by atoms with Crippen LogP contribution in [0.1, 0.15) is 0 Å². The minimum absolute atomic E-state index is 1.03. The van der Waals surface area contributed by atoms with E-state index in [-0.39, 0.29) is 0 Å². The second kappa shape index (κ2) is 4.20. The lowest BCUT2D eigenvalue weighted by atomic mass is 10.0. The van der Waals surface area contributed by atoms with Gasteiger partial charge in [0.05, 0.1) is 5.52 Å². The summed E-state index contributed by atoms with van der Waals surface area (Å²) in [6.45, 7) is 0. The lowest BCUT2D eigenvalue weighted by molar-refractivity contribution is 0.990. The molecule has 96 valence electrons. The number of fused-ring (bicyclic) bond motifs is 3. The van der Waals surface area contributed by atoms with Gasteiger partial charge in [0.2, 0.25) is 0 Å². The zero-order valence-corrected chi connectivity index (χ0v) is 11.2. The molecule has 0 aliphatic carbocycles. The topological polar surface area (TPSA) is 17.8 Å². The van der Waals surface area contributed by atoms with Crippen LogP contribution < -0.4 is 0 Å². The van der Waals surface area contributed by atoms with E-state index < -0.39 is 0 Å². The summed E-state index contributed by atoms with van der Waals surface area (Å²) in [5.74, 6) is 0. The molecule has 0 N–H and O–H groups in total. The molecule has 20 heavy (non-hydrogen) atoms. The summed E-state index contributed by atoms with van der Waals surface area (Å²) in [7, 11) is 2.07. The molecular weight excluding hydrogens is 244 g/mol. The molecule has 0 radical (unpaired) electrons. The predicted molar refractivity (Wildman–Crippen MR) is 83.7 cm³/mol. The molecule has 2 heteroatoms. The highest BCUT2D eigenvalue weighted by atomic mass is 15.0. The van der Waals surface area contributed by atoms with Crippen LogP contribution in [0.15, 0.2) is 66.9 Å². The van der Waals surface area contributed by atoms with Crippen molar-refractivity contribution in [3.05, 3.63) is 66.9 Å². The molecule has 0 saturated heterocycles. The predicted octanol–water partition coefficient (Wildman–Crippen LogP) is 4.39. The normalized spacial score (nSPS) is 11.2. The Bertz CT molecular complexity index is 905. The molecule has 2 heterocycles. The Morgan fingerprint density at radius 2 is 1.65 bits per heavy atom. The van der Waals surface area contributed by atoms with E-state index in [0.717, 1.165) is 5.65 Å². The molecule has 2 nitrogen and oxygen atoms in total. The molecule has 2 aromatic carbocycles. The second-order valence-corrected chi connectivity index (χ2v) is 5.03. The van der Waals surface area contributed by atoms with Gasteiger partial charge in [-0.1, -0.05) is 36.4 Å². The largest absolute Gasteiger partial charge is 0.328 e. The quantitative estimate of drug-likeness (QED) is 0.495. The first-order valence-corrected chi connectivity index (χ1v) is 6.73. The summed E-state index contributed by atoms with van der Waals surface area (Å²) in [6, 6.07) is 21.2. The van der Waals surface area contributed by atoms with Gasteiger partial charge in [-0.15, -0.1) is 0 Å². The highest BCUT2D eigenvalue weighted by Crippen LogP contribution is 2.30. The van der Waals surface area contributed by atoms with Gasteiger partial charge in [-0.3, -0.25) is 0 Å². The summed E-state index contributed by atoms with van der Waals surface area (Å²) < 4.78 is 2.15. The molecule has 0 bridgehead atoms. The summed E-state index contributed by atoms with van der Waals surface area (Å²) in [5, 5.41) is 2.47. The first kappa shape index (κ1) is 11.2. The van der Waals surface area contributed by atoms with Crippen molar-refractivity contribution in [2.45, 2.75) is 0 Å². The van der Waals surface area contributed by atoms with Gasteiger partial charge < -0.3 is 4.57 Å². The van der Waals surface area contributed by atoms with Crippen molar-refractivity contribution in [1.29, 1.82) is 0 Å². The number of benzene rings is 2. The SMILES string of the molecule is Cn1c2ccc(-c3ccccc3)cc2c2cccnc21. The fraction of sp³-hybridized carbons (Fsp3) is 0.0556. The van der Waals surface area contributed by atoms with Gasteiger partial charge in [0.15, 0.2) is 0 Å². The summed E-state index contributed by atoms with van der Waals surface area (Å²) in [4.78, 5) is 4.48. The third-order valence-corrected chi connectivity index (χ3v) is 3.86. The number of hydrogen-bond donors (Lipinski definition) is 0. The average molecular weight is 258 g/mol. The van der Waals surface area contributed by atoms with Gasteiger partial charge in [-0.2, -0.15) is 0 Å². The van der Waals surface area contributed by atoms with Gasteiger partial charge in [0, 0.05) is 24.0 Å². The Labute approximate surface area is 117 Å². The number of hydrogen-bond acceptors (Lipinski definition) is 1. The Kier molecular flexibility index (Phi) is 2.36. The van der Waals surface area contributed by atoms with E-state index in [1.54, 1.807) is 0 Å². The van der Waals surface area contributed by atoms with Crippen LogP contribution in [0.2, 0.25) is 0 Å². The van der Waals surface area contributed by atoms with Crippen LogP contribution in [-0.4, -0.2) is 9.55 Å². The molecule has 0 atom stereocenters. The number of pyridine rings is 1. The van der Waals surface area contributed by atoms with E-state index in [4.69, 9.17) is 0 Å². The molecule has 0 spiro atoms. The second-order valence-electron chi connectivity index (χ2n) is 5.03. The molecule has 2 aromatic heterocycles. The highest BCUT2D eigenvalue weighted by molar-refractivity contribution is 6.07. The van der Waals surface area contributed by atoms with E-state index in [2.05, 4.69) is 65.1 Å². The van der Waals surface area contributed by atoms with Crippen LogP contribution in [-0.2, 0) is 7.05 Å². The van der Waals surface area contributed by atoms with Crippen molar-refractivity contribution >= 4 is 21.9 Å². The van der Waals surface area contributed by atoms with E-state index in [1.807, 2.05) is 18.3 Å². The van der Waals surface area contributed by atoms with Crippen LogP contribution in [0.4, 0.5) is 0 Å². The molecule has 4 aromatic rings. The third kappa shape index (κ3) is 1.55. The molecular formula is C18H14N2. The lowest BCUT2D eigenvalue weighted by Crippen LogP contribution is -1.88. The minimum Gasteiger partial charge on any atom is -0.328 e. The van der Waals surface area contributed by atoms with E-state index >= 15 is 0 Å². The summed E-state index contributed by atoms with van der Waals surface area (Å²) in [5.41, 5.74) is 4.75. The van der Waals surface area contributed by atoms with Crippen molar-refractivity contribution < 1.29 is 0 Å². The Morgan fingerprint density at radius 3 is 2.50 bits per heavy atom. The standard InChI is InChI=1S/C18H14N2/c1-20-17-10-9-14(13-6-3-2-4-7-13)12-16(17)15-8-5-11-19-18(15)20/h2-12H,1H3. The van der Waals surface area contributed by atoms with Gasteiger partial charge >= 0.3 is 0 Å². The van der Waals surface area contributed by atoms with Crippen LogP contribution in [0, 0.1) is 0 Å². The minimum atomic E-state index is 1.03. The maximum atomic E-state index is 4.48. The lowest BCUT2D eigenvalue weighted by Gasteiger charge is -2.02. The summed E-state index contributed by atoms with van der Waals surface area (Å²) in [6.07, 6.45) is 1.85. The highest BCUT2D eigenvalue weighted by Gasteiger charge is 2.09. The Balaban J connectivity index is 2.07. The van der Waals surface area contributed by atoms with Gasteiger partial charge in [-0.25, -0.2) is 4.98 Å². The maximum absolute atomic E-state index is 4.48. The van der Waals surface area contributed by atoms with Crippen LogP contribution in [0.25, 0.3) is 33.1 Å². The number of rotatable bonds is 1. The van der Waals surface area contributed by atoms with E-state index in [0.29, 0.717) is 0 Å². The van der Waals surface area contributed by atoms with Crippen molar-refractivity contribution in [3.63, 3.8) is 0 Å². The fourth-order valence-electron chi connectivity index (χ4n) is 2.84. The van der Waals surface area contributed by atoms with Gasteiger partial charge in [0.1, 0.15) is 5.65 Å². The number of aryl methyl sites for hydroxylation is 1. The van der Waals surface area contributed by atoms with Crippen LogP contribution in [0.5, 0.6) is 0 Å². The smallest absolute Gasteiger partial charge is 0.140 e. The monoisotopic (exact) mass is 258 g/mol. The maximum Gasteiger partial charge on any atom is 0.140 e. The van der Waals surface area contributed by atoms with Crippen molar-refractivity contribution in [3.8, 4) is 11.1 Å². The molecule has 0 saturated carbocycles. The zero-order chi connectivity index (χ0) is 13.5. The van der Waals surface area contributed by atoms with Crippen molar-refractivity contribution in [1.82, 2.24) is 9.55 Å². The summed E-state index contributed by atoms with van der Waals surface area (Å²) >= 11 is 0. The van der Waals surface area contributed by atoms with E-state index in [1.165, 1.54) is 27.4 Å². The van der Waals surface area contributed by atoms with Crippen molar-refractivity contribution in [2.24, 2.45) is 7.05 Å². The fourth-order valence-corrected chi connectivity index (χ4v) is 2.84. The van der Waals surface area contributed by atoms with Crippen LogP contribution in [0.3, 0.4) is 0 Å². The molecule has 0 fully saturated rings. The zero-order valence-electron chi connectivity index (χ0n) is 11.2. The third-order valence-electron chi connectivity index (χ3n) is 3.86. The molecule has 0 aliphatic heterocycles. The Hall–Kier alpha value is -2.61. The molecule has 0 aliphatic rings. The van der Waals surface area contributed by atoms with Gasteiger partial charge in [0.25, 0.3) is 0 Å². The van der Waals surface area contributed by atoms with E-state index in [9.17, 15) is 0 Å². The molecule has 4 rings (SSSR count). The first-order chi connectivity index (χ1) is 9.84. The van der Waals surface area contributed by atoms with Gasteiger partial charge in [-0.05, 0) is 35.4 Å². The number of aromatic nitrogens is 2. The molecule has 0 amide bonds. The molecule has 0 unspecified atom stereocenters. The van der Waals surface area contributed by atoms with Crippen molar-refractivity contribution in [2.75, 3.05) is 0 Å². The number of nitrogens with zero attached hydrogens (tertiary/aromatic N) is 2. The average Bonchev–Trinajstić information content (AvgIpc) is 2.81.